The zero-order valence-corrected chi connectivity index (χ0v) is 6.75. The topological polar surface area (TPSA) is 61.7 Å². The van der Waals surface area contributed by atoms with E-state index < -0.39 is 0 Å². The maximum absolute atomic E-state index is 8.32. The van der Waals surface area contributed by atoms with Crippen LogP contribution in [-0.4, -0.2) is 4.98 Å². The number of hydrogen-bond donors (Lipinski definition) is 0. The molecule has 4 heteroatoms. The molecule has 4 nitrogen and oxygen atoms in total. The summed E-state index contributed by atoms with van der Waals surface area (Å²) in [7, 11) is 0. The van der Waals surface area contributed by atoms with Crippen LogP contribution in [0.25, 0.3) is 21.3 Å². The zero-order valence-electron chi connectivity index (χ0n) is 6.75. The molecule has 0 N–H and O–H groups in total. The Labute approximate surface area is 74.5 Å². The van der Waals surface area contributed by atoms with Crippen LogP contribution < -0.4 is 0 Å². The highest BCUT2D eigenvalue weighted by Crippen LogP contribution is 2.23. The number of aromatic nitrogens is 1. The van der Waals surface area contributed by atoms with Crippen LogP contribution in [-0.2, 0) is 0 Å². The van der Waals surface area contributed by atoms with Crippen LogP contribution in [0.1, 0.15) is 0 Å². The third-order valence-electron chi connectivity index (χ3n) is 1.78. The van der Waals surface area contributed by atoms with Crippen molar-refractivity contribution in [1.29, 1.82) is 0 Å². The first-order chi connectivity index (χ1) is 6.42. The average molecular weight is 170 g/mol. The van der Waals surface area contributed by atoms with E-state index in [0.717, 1.165) is 10.9 Å². The molecule has 0 fully saturated rings. The molecule has 1 aromatic heterocycles. The third-order valence-corrected chi connectivity index (χ3v) is 1.78. The summed E-state index contributed by atoms with van der Waals surface area (Å²) < 4.78 is 0. The quantitative estimate of drug-likeness (QED) is 0.368. The molecule has 62 valence electrons. The fourth-order valence-corrected chi connectivity index (χ4v) is 1.22. The Bertz CT molecular complexity index is 480. The van der Waals surface area contributed by atoms with Crippen LogP contribution in [0.4, 0.5) is 5.69 Å². The van der Waals surface area contributed by atoms with E-state index in [4.69, 9.17) is 5.53 Å². The van der Waals surface area contributed by atoms with Gasteiger partial charge in [0.15, 0.2) is 0 Å². The fourth-order valence-electron chi connectivity index (χ4n) is 1.22. The largest absolute Gasteiger partial charge is 0.256 e. The van der Waals surface area contributed by atoms with E-state index in [1.54, 1.807) is 12.3 Å². The standard InChI is InChI=1S/C9H6N4/c10-13-12-9-5-6-11-8-4-2-1-3-7(8)9/h1-6H. The molecule has 0 unspecified atom stereocenters. The zero-order chi connectivity index (χ0) is 9.10. The second kappa shape index (κ2) is 3.13. The molecule has 2 rings (SSSR count). The summed E-state index contributed by atoms with van der Waals surface area (Å²) in [5.41, 5.74) is 9.78. The van der Waals surface area contributed by atoms with Crippen LogP contribution in [0.3, 0.4) is 0 Å². The Morgan fingerprint density at radius 2 is 2.08 bits per heavy atom. The van der Waals surface area contributed by atoms with Gasteiger partial charge in [-0.2, -0.15) is 0 Å². The molecule has 1 aromatic carbocycles. The lowest BCUT2D eigenvalue weighted by atomic mass is 10.2. The predicted octanol–water partition coefficient (Wildman–Crippen LogP) is 3.18. The molecule has 0 radical (unpaired) electrons. The summed E-state index contributed by atoms with van der Waals surface area (Å²) in [5, 5.41) is 4.45. The lowest BCUT2D eigenvalue weighted by Crippen LogP contribution is -1.76. The van der Waals surface area contributed by atoms with Gasteiger partial charge in [0.25, 0.3) is 0 Å². The van der Waals surface area contributed by atoms with Gasteiger partial charge in [0, 0.05) is 22.2 Å². The van der Waals surface area contributed by atoms with Crippen molar-refractivity contribution >= 4 is 16.6 Å². The van der Waals surface area contributed by atoms with Crippen molar-refractivity contribution in [3.8, 4) is 0 Å². The molecular formula is C9H6N4. The number of fused-ring (bicyclic) bond motifs is 1. The molecule has 0 saturated carbocycles. The molecule has 0 saturated heterocycles. The summed E-state index contributed by atoms with van der Waals surface area (Å²) in [4.78, 5) is 6.89. The second-order valence-electron chi connectivity index (χ2n) is 2.54. The maximum Gasteiger partial charge on any atom is 0.0706 e. The SMILES string of the molecule is [N-]=[N+]=Nc1ccnc2ccccc12. The Balaban J connectivity index is 2.82. The summed E-state index contributed by atoms with van der Waals surface area (Å²) in [6.45, 7) is 0. The summed E-state index contributed by atoms with van der Waals surface area (Å²) in [6, 6.07) is 9.25. The molecule has 0 spiro atoms. The monoisotopic (exact) mass is 170 g/mol. The van der Waals surface area contributed by atoms with Gasteiger partial charge in [-0.3, -0.25) is 4.98 Å². The molecular weight excluding hydrogens is 164 g/mol. The van der Waals surface area contributed by atoms with Crippen LogP contribution in [0.5, 0.6) is 0 Å². The number of rotatable bonds is 1. The number of para-hydroxylation sites is 1. The van der Waals surface area contributed by atoms with Crippen LogP contribution in [0.15, 0.2) is 41.6 Å². The highest BCUT2D eigenvalue weighted by atomic mass is 15.1. The Kier molecular flexibility index (Phi) is 1.82. The number of pyridine rings is 1. The lowest BCUT2D eigenvalue weighted by molar-refractivity contribution is 1.38. The smallest absolute Gasteiger partial charge is 0.0706 e. The number of benzene rings is 1. The van der Waals surface area contributed by atoms with Crippen molar-refractivity contribution in [2.45, 2.75) is 0 Å². The van der Waals surface area contributed by atoms with Crippen LogP contribution in [0, 0.1) is 0 Å². The number of nitrogens with zero attached hydrogens (tertiary/aromatic N) is 4. The van der Waals surface area contributed by atoms with Gasteiger partial charge in [-0.15, -0.1) is 0 Å². The van der Waals surface area contributed by atoms with Crippen molar-refractivity contribution in [1.82, 2.24) is 4.98 Å². The van der Waals surface area contributed by atoms with Gasteiger partial charge in [0.05, 0.1) is 5.52 Å². The highest BCUT2D eigenvalue weighted by molar-refractivity contribution is 5.89. The van der Waals surface area contributed by atoms with Gasteiger partial charge >= 0.3 is 0 Å². The Hall–Kier alpha value is -2.06. The van der Waals surface area contributed by atoms with Gasteiger partial charge in [-0.1, -0.05) is 23.3 Å². The highest BCUT2D eigenvalue weighted by Gasteiger charge is 1.96. The lowest BCUT2D eigenvalue weighted by Gasteiger charge is -1.97. The Morgan fingerprint density at radius 3 is 2.92 bits per heavy atom. The van der Waals surface area contributed by atoms with Crippen molar-refractivity contribution in [2.24, 2.45) is 5.11 Å². The molecule has 0 atom stereocenters. The maximum atomic E-state index is 8.32. The van der Waals surface area contributed by atoms with E-state index in [9.17, 15) is 0 Å². The van der Waals surface area contributed by atoms with Crippen molar-refractivity contribution in [3.63, 3.8) is 0 Å². The summed E-state index contributed by atoms with van der Waals surface area (Å²) in [6.07, 6.45) is 1.63. The third kappa shape index (κ3) is 1.30. The minimum Gasteiger partial charge on any atom is -0.256 e. The Morgan fingerprint density at radius 1 is 1.23 bits per heavy atom. The summed E-state index contributed by atoms with van der Waals surface area (Å²) in [5.74, 6) is 0. The van der Waals surface area contributed by atoms with Crippen LogP contribution in [0.2, 0.25) is 0 Å². The first-order valence-electron chi connectivity index (χ1n) is 3.80. The van der Waals surface area contributed by atoms with Gasteiger partial charge in [-0.25, -0.2) is 0 Å². The second-order valence-corrected chi connectivity index (χ2v) is 2.54. The summed E-state index contributed by atoms with van der Waals surface area (Å²) >= 11 is 0. The molecule has 1 heterocycles. The minimum absolute atomic E-state index is 0.619. The molecule has 2 aromatic rings. The van der Waals surface area contributed by atoms with Crippen LogP contribution >= 0.6 is 0 Å². The van der Waals surface area contributed by atoms with Crippen molar-refractivity contribution < 1.29 is 0 Å². The predicted molar refractivity (Wildman–Crippen MR) is 50.5 cm³/mol. The minimum atomic E-state index is 0.619. The number of azide groups is 1. The normalized spacial score (nSPS) is 9.54. The molecule has 0 aliphatic carbocycles. The number of hydrogen-bond acceptors (Lipinski definition) is 2. The van der Waals surface area contributed by atoms with E-state index in [0.29, 0.717) is 5.69 Å². The molecule has 0 bridgehead atoms. The van der Waals surface area contributed by atoms with Gasteiger partial charge in [0.1, 0.15) is 0 Å². The van der Waals surface area contributed by atoms with E-state index in [2.05, 4.69) is 15.0 Å². The first-order valence-corrected chi connectivity index (χ1v) is 3.80. The van der Waals surface area contributed by atoms with Crippen molar-refractivity contribution in [2.75, 3.05) is 0 Å². The average Bonchev–Trinajstić information content (AvgIpc) is 2.19. The molecule has 13 heavy (non-hydrogen) atoms. The first kappa shape index (κ1) is 7.58. The molecule has 0 aliphatic rings. The van der Waals surface area contributed by atoms with Gasteiger partial charge in [0.2, 0.25) is 0 Å². The van der Waals surface area contributed by atoms with E-state index in [1.165, 1.54) is 0 Å². The molecule has 0 aliphatic heterocycles. The van der Waals surface area contributed by atoms with Crippen molar-refractivity contribution in [3.05, 3.63) is 47.0 Å². The molecule has 0 amide bonds. The van der Waals surface area contributed by atoms with Gasteiger partial charge in [-0.05, 0) is 17.7 Å². The van der Waals surface area contributed by atoms with E-state index in [1.807, 2.05) is 24.3 Å². The van der Waals surface area contributed by atoms with Gasteiger partial charge < -0.3 is 0 Å². The fraction of sp³-hybridized carbons (Fsp3) is 0. The van der Waals surface area contributed by atoms with E-state index in [-0.39, 0.29) is 0 Å². The van der Waals surface area contributed by atoms with E-state index >= 15 is 0 Å².